The number of nitrogens with zero attached hydrogens (tertiary/aromatic N) is 2. The molecule has 0 aliphatic heterocycles. The quantitative estimate of drug-likeness (QED) is 0.284. The molecule has 1 fully saturated rings. The smallest absolute Gasteiger partial charge is 0.365 e. The van der Waals surface area contributed by atoms with Gasteiger partial charge < -0.3 is 15.4 Å². The van der Waals surface area contributed by atoms with Crippen molar-refractivity contribution >= 4 is 17.4 Å². The third-order valence-electron chi connectivity index (χ3n) is 6.60. The number of aromatic nitrogens is 2. The van der Waals surface area contributed by atoms with Crippen molar-refractivity contribution < 1.29 is 35.9 Å². The number of benzene rings is 1. The second-order valence-corrected chi connectivity index (χ2v) is 9.28. The molecule has 2 aromatic heterocycles. The molecule has 4 rings (SSSR count). The summed E-state index contributed by atoms with van der Waals surface area (Å²) in [6.07, 6.45) is -4.52. The Labute approximate surface area is 220 Å². The van der Waals surface area contributed by atoms with Crippen LogP contribution in [0, 0.1) is 5.92 Å². The number of nitrogens with one attached hydrogen (secondary N) is 2. The van der Waals surface area contributed by atoms with Crippen molar-refractivity contribution in [3.8, 4) is 0 Å². The molecule has 1 amide bonds. The molecule has 39 heavy (non-hydrogen) atoms. The molecule has 6 nitrogen and oxygen atoms in total. The van der Waals surface area contributed by atoms with Gasteiger partial charge in [0.25, 0.3) is 11.5 Å². The molecule has 0 radical (unpaired) electrons. The summed E-state index contributed by atoms with van der Waals surface area (Å²) in [5.74, 6) is -0.975. The number of hydrogen-bond acceptors (Lipinski definition) is 5. The van der Waals surface area contributed by atoms with Crippen LogP contribution < -0.4 is 10.6 Å². The second kappa shape index (κ2) is 11.6. The molecule has 0 bridgehead atoms. The van der Waals surface area contributed by atoms with Crippen LogP contribution in [0.2, 0.25) is 0 Å². The lowest BCUT2D eigenvalue weighted by Crippen LogP contribution is -2.56. The molecule has 1 saturated carbocycles. The van der Waals surface area contributed by atoms with Crippen molar-refractivity contribution in [2.45, 2.75) is 50.2 Å². The summed E-state index contributed by atoms with van der Waals surface area (Å²) in [5.41, 5.74) is -5.07. The standard InChI is InChI=1S/C27H26F6N4O2/c28-26(29,30)25(27(31,32)33,39-17-19-5-1-2-6-19)20-7-3-8-21(15-20)37-24(38)22-9-4-12-35-23(22)36-16-18-10-13-34-14-11-18/h3-4,7-15,19H,1-2,5-6,16-17H2,(H,35,36)(H,37,38). The van der Waals surface area contributed by atoms with E-state index >= 15 is 0 Å². The van der Waals surface area contributed by atoms with Crippen LogP contribution in [0.5, 0.6) is 0 Å². The molecule has 208 valence electrons. The first-order valence-corrected chi connectivity index (χ1v) is 12.3. The van der Waals surface area contributed by atoms with E-state index < -0.39 is 36.0 Å². The van der Waals surface area contributed by atoms with E-state index in [0.29, 0.717) is 31.5 Å². The summed E-state index contributed by atoms with van der Waals surface area (Å²) in [5, 5.41) is 5.39. The van der Waals surface area contributed by atoms with E-state index in [1.54, 1.807) is 24.5 Å². The zero-order valence-corrected chi connectivity index (χ0v) is 20.6. The van der Waals surface area contributed by atoms with Crippen LogP contribution >= 0.6 is 0 Å². The highest BCUT2D eigenvalue weighted by Crippen LogP contribution is 2.53. The van der Waals surface area contributed by atoms with Crippen molar-refractivity contribution in [2.24, 2.45) is 5.92 Å². The molecule has 2 heterocycles. The van der Waals surface area contributed by atoms with Crippen molar-refractivity contribution in [1.29, 1.82) is 0 Å². The lowest BCUT2D eigenvalue weighted by molar-refractivity contribution is -0.391. The Balaban J connectivity index is 1.60. The molecule has 1 aliphatic rings. The predicted molar refractivity (Wildman–Crippen MR) is 132 cm³/mol. The van der Waals surface area contributed by atoms with Crippen LogP contribution in [-0.2, 0) is 16.9 Å². The number of hydrogen-bond donors (Lipinski definition) is 2. The molecule has 0 saturated heterocycles. The lowest BCUT2D eigenvalue weighted by Gasteiger charge is -2.38. The van der Waals surface area contributed by atoms with E-state index in [1.807, 2.05) is 0 Å². The van der Waals surface area contributed by atoms with Crippen LogP contribution in [0.15, 0.2) is 67.1 Å². The van der Waals surface area contributed by atoms with E-state index in [-0.39, 0.29) is 23.0 Å². The van der Waals surface area contributed by atoms with Crippen LogP contribution in [-0.4, -0.2) is 34.8 Å². The lowest BCUT2D eigenvalue weighted by atomic mass is 9.91. The number of alkyl halides is 6. The first-order valence-electron chi connectivity index (χ1n) is 12.3. The topological polar surface area (TPSA) is 76.1 Å². The second-order valence-electron chi connectivity index (χ2n) is 9.28. The first kappa shape index (κ1) is 28.3. The number of halogens is 6. The Hall–Kier alpha value is -3.67. The summed E-state index contributed by atoms with van der Waals surface area (Å²) in [7, 11) is 0. The Morgan fingerprint density at radius 1 is 0.923 bits per heavy atom. The molecule has 12 heteroatoms. The third-order valence-corrected chi connectivity index (χ3v) is 6.60. The van der Waals surface area contributed by atoms with Crippen molar-refractivity contribution in [3.63, 3.8) is 0 Å². The van der Waals surface area contributed by atoms with Gasteiger partial charge in [0.2, 0.25) is 0 Å². The Kier molecular flexibility index (Phi) is 8.43. The average molecular weight is 553 g/mol. The minimum absolute atomic E-state index is 0.0485. The summed E-state index contributed by atoms with van der Waals surface area (Å²) in [6.45, 7) is -0.384. The summed E-state index contributed by atoms with van der Waals surface area (Å²) >= 11 is 0. The molecular weight excluding hydrogens is 526 g/mol. The largest absolute Gasteiger partial charge is 0.430 e. The van der Waals surface area contributed by atoms with Crippen molar-refractivity contribution in [2.75, 3.05) is 17.2 Å². The zero-order valence-electron chi connectivity index (χ0n) is 20.6. The van der Waals surface area contributed by atoms with Crippen molar-refractivity contribution in [3.05, 3.63) is 83.8 Å². The highest BCUT2D eigenvalue weighted by atomic mass is 19.4. The highest BCUT2D eigenvalue weighted by molar-refractivity contribution is 6.07. The number of anilines is 2. The number of rotatable bonds is 9. The minimum Gasteiger partial charge on any atom is -0.365 e. The average Bonchev–Trinajstić information content (AvgIpc) is 3.41. The molecule has 0 spiro atoms. The molecule has 0 atom stereocenters. The van der Waals surface area contributed by atoms with Gasteiger partial charge in [0, 0.05) is 36.4 Å². The van der Waals surface area contributed by atoms with Crippen molar-refractivity contribution in [1.82, 2.24) is 9.97 Å². The Morgan fingerprint density at radius 3 is 2.28 bits per heavy atom. The van der Waals surface area contributed by atoms with E-state index in [0.717, 1.165) is 24.5 Å². The maximum Gasteiger partial charge on any atom is 0.430 e. The van der Waals surface area contributed by atoms with E-state index in [4.69, 9.17) is 4.74 Å². The van der Waals surface area contributed by atoms with Gasteiger partial charge in [0.05, 0.1) is 12.2 Å². The fraction of sp³-hybridized carbons (Fsp3) is 0.370. The van der Waals surface area contributed by atoms with Gasteiger partial charge in [0.1, 0.15) is 5.82 Å². The highest BCUT2D eigenvalue weighted by Gasteiger charge is 2.73. The van der Waals surface area contributed by atoms with Crippen LogP contribution in [0.3, 0.4) is 0 Å². The van der Waals surface area contributed by atoms with Crippen LogP contribution in [0.1, 0.15) is 47.2 Å². The Morgan fingerprint density at radius 2 is 1.62 bits per heavy atom. The van der Waals surface area contributed by atoms with Gasteiger partial charge in [-0.2, -0.15) is 26.3 Å². The van der Waals surface area contributed by atoms with Gasteiger partial charge in [-0.15, -0.1) is 0 Å². The van der Waals surface area contributed by atoms with Crippen LogP contribution in [0.25, 0.3) is 0 Å². The number of carbonyl (C=O) groups is 1. The monoisotopic (exact) mass is 552 g/mol. The number of ether oxygens (including phenoxy) is 1. The van der Waals surface area contributed by atoms with Crippen LogP contribution in [0.4, 0.5) is 37.8 Å². The first-order chi connectivity index (χ1) is 18.5. The van der Waals surface area contributed by atoms with Gasteiger partial charge in [-0.1, -0.05) is 25.0 Å². The molecule has 1 aromatic carbocycles. The summed E-state index contributed by atoms with van der Waals surface area (Å²) in [4.78, 5) is 21.1. The minimum atomic E-state index is -5.81. The molecule has 0 unspecified atom stereocenters. The number of pyridine rings is 2. The fourth-order valence-corrected chi connectivity index (χ4v) is 4.59. The van der Waals surface area contributed by atoms with Gasteiger partial charge in [-0.3, -0.25) is 9.78 Å². The number of carbonyl (C=O) groups excluding carboxylic acids is 1. The summed E-state index contributed by atoms with van der Waals surface area (Å²) in [6, 6.07) is 10.00. The third kappa shape index (κ3) is 6.32. The van der Waals surface area contributed by atoms with E-state index in [9.17, 15) is 31.1 Å². The normalized spacial score (nSPS) is 14.8. The molecule has 1 aliphatic carbocycles. The molecule has 2 N–H and O–H groups in total. The predicted octanol–water partition coefficient (Wildman–Crippen LogP) is 6.87. The Bertz CT molecular complexity index is 1250. The molecule has 3 aromatic rings. The van der Waals surface area contributed by atoms with Gasteiger partial charge in [-0.25, -0.2) is 4.98 Å². The maximum atomic E-state index is 14.2. The zero-order chi connectivity index (χ0) is 28.1. The maximum absolute atomic E-state index is 14.2. The summed E-state index contributed by atoms with van der Waals surface area (Å²) < 4.78 is 90.1. The van der Waals surface area contributed by atoms with Gasteiger partial charge in [-0.05, 0) is 60.7 Å². The van der Waals surface area contributed by atoms with E-state index in [1.165, 1.54) is 24.4 Å². The molecular formula is C27H26F6N4O2. The number of amides is 1. The SMILES string of the molecule is O=C(Nc1cccc(C(OCC2CCCC2)(C(F)(F)F)C(F)(F)F)c1)c1cccnc1NCc1ccncc1. The van der Waals surface area contributed by atoms with Gasteiger partial charge >= 0.3 is 12.4 Å². The van der Waals surface area contributed by atoms with Gasteiger partial charge in [0.15, 0.2) is 0 Å². The van der Waals surface area contributed by atoms with E-state index in [2.05, 4.69) is 20.6 Å². The fourth-order valence-electron chi connectivity index (χ4n) is 4.59.